The second-order valence-electron chi connectivity index (χ2n) is 6.58. The van der Waals surface area contributed by atoms with Crippen LogP contribution in [-0.2, 0) is 4.79 Å². The van der Waals surface area contributed by atoms with Crippen LogP contribution in [0, 0.1) is 32.1 Å². The zero-order valence-electron chi connectivity index (χ0n) is 15.8. The van der Waals surface area contributed by atoms with Crippen molar-refractivity contribution in [3.63, 3.8) is 0 Å². The molecule has 1 amide bonds. The van der Waals surface area contributed by atoms with Gasteiger partial charge in [0.2, 0.25) is 0 Å². The van der Waals surface area contributed by atoms with Gasteiger partial charge in [0.15, 0.2) is 0 Å². The van der Waals surface area contributed by atoms with Crippen molar-refractivity contribution >= 4 is 29.3 Å². The molecule has 3 rings (SSSR count). The predicted octanol–water partition coefficient (Wildman–Crippen LogP) is 6.07. The quantitative estimate of drug-likeness (QED) is 0.434. The Morgan fingerprint density at radius 1 is 1.11 bits per heavy atom. The zero-order chi connectivity index (χ0) is 20.3. The third-order valence-electron chi connectivity index (χ3n) is 4.33. The Hall–Kier alpha value is -3.29. The summed E-state index contributed by atoms with van der Waals surface area (Å²) in [5, 5.41) is 12.8. The van der Waals surface area contributed by atoms with Crippen molar-refractivity contribution in [1.82, 2.24) is 0 Å². The summed E-state index contributed by atoms with van der Waals surface area (Å²) in [6.07, 6.45) is 1.43. The van der Waals surface area contributed by atoms with E-state index >= 15 is 0 Å². The van der Waals surface area contributed by atoms with E-state index in [0.717, 1.165) is 22.3 Å². The van der Waals surface area contributed by atoms with E-state index in [4.69, 9.17) is 16.0 Å². The Morgan fingerprint density at radius 3 is 2.43 bits per heavy atom. The lowest BCUT2D eigenvalue weighted by Gasteiger charge is -2.12. The molecule has 0 aliphatic carbocycles. The van der Waals surface area contributed by atoms with Crippen LogP contribution in [0.15, 0.2) is 58.5 Å². The van der Waals surface area contributed by atoms with Crippen LogP contribution in [0.1, 0.15) is 22.5 Å². The standard InChI is InChI=1S/C23H19ClN2O2/c1-14-10-15(2)22(16(3)11-14)26-23(27)17(13-25)12-18-8-9-21(28-18)19-6-4-5-7-20(19)24/h4-12H,1-3H3,(H,26,27)/b17-12-. The molecule has 140 valence electrons. The smallest absolute Gasteiger partial charge is 0.266 e. The first-order valence-electron chi connectivity index (χ1n) is 8.75. The van der Waals surface area contributed by atoms with E-state index in [9.17, 15) is 10.1 Å². The zero-order valence-corrected chi connectivity index (χ0v) is 16.6. The summed E-state index contributed by atoms with van der Waals surface area (Å²) in [5.41, 5.74) is 4.43. The molecule has 0 spiro atoms. The van der Waals surface area contributed by atoms with Gasteiger partial charge in [-0.3, -0.25) is 4.79 Å². The number of nitrogens with zero attached hydrogens (tertiary/aromatic N) is 1. The number of hydrogen-bond acceptors (Lipinski definition) is 3. The molecule has 0 saturated heterocycles. The first kappa shape index (κ1) is 19.5. The summed E-state index contributed by atoms with van der Waals surface area (Å²) in [4.78, 5) is 12.6. The minimum absolute atomic E-state index is 0.0422. The Bertz CT molecular complexity index is 1100. The van der Waals surface area contributed by atoms with Gasteiger partial charge in [0.1, 0.15) is 23.2 Å². The van der Waals surface area contributed by atoms with E-state index in [-0.39, 0.29) is 5.57 Å². The second kappa shape index (κ2) is 8.16. The molecular weight excluding hydrogens is 372 g/mol. The van der Waals surface area contributed by atoms with Crippen LogP contribution in [0.5, 0.6) is 0 Å². The van der Waals surface area contributed by atoms with Crippen LogP contribution < -0.4 is 5.32 Å². The lowest BCUT2D eigenvalue weighted by atomic mass is 10.0. The van der Waals surface area contributed by atoms with Crippen LogP contribution in [0.4, 0.5) is 5.69 Å². The topological polar surface area (TPSA) is 66.0 Å². The predicted molar refractivity (Wildman–Crippen MR) is 112 cm³/mol. The molecule has 2 aromatic carbocycles. The minimum Gasteiger partial charge on any atom is -0.457 e. The molecule has 0 bridgehead atoms. The Balaban J connectivity index is 1.86. The van der Waals surface area contributed by atoms with Crippen molar-refractivity contribution in [2.24, 2.45) is 0 Å². The largest absolute Gasteiger partial charge is 0.457 e. The fraction of sp³-hybridized carbons (Fsp3) is 0.130. The number of nitriles is 1. The number of nitrogens with one attached hydrogen (secondary N) is 1. The Labute approximate surface area is 169 Å². The van der Waals surface area contributed by atoms with E-state index in [1.54, 1.807) is 18.2 Å². The highest BCUT2D eigenvalue weighted by Crippen LogP contribution is 2.30. The molecule has 1 heterocycles. The number of furan rings is 1. The first-order chi connectivity index (χ1) is 13.4. The molecule has 1 aromatic heterocycles. The first-order valence-corrected chi connectivity index (χ1v) is 9.12. The molecule has 0 atom stereocenters. The second-order valence-corrected chi connectivity index (χ2v) is 6.99. The van der Waals surface area contributed by atoms with Crippen molar-refractivity contribution in [2.45, 2.75) is 20.8 Å². The van der Waals surface area contributed by atoms with Crippen molar-refractivity contribution < 1.29 is 9.21 Å². The van der Waals surface area contributed by atoms with Crippen molar-refractivity contribution in [3.8, 4) is 17.4 Å². The van der Waals surface area contributed by atoms with Gasteiger partial charge in [-0.05, 0) is 56.2 Å². The molecule has 0 unspecified atom stereocenters. The average Bonchev–Trinajstić information content (AvgIpc) is 3.11. The normalized spacial score (nSPS) is 11.2. The maximum absolute atomic E-state index is 12.6. The van der Waals surface area contributed by atoms with Gasteiger partial charge in [-0.2, -0.15) is 5.26 Å². The van der Waals surface area contributed by atoms with Crippen molar-refractivity contribution in [2.75, 3.05) is 5.32 Å². The number of amides is 1. The number of carbonyl (C=O) groups excluding carboxylic acids is 1. The highest BCUT2D eigenvalue weighted by atomic mass is 35.5. The molecule has 0 aliphatic heterocycles. The molecule has 3 aromatic rings. The minimum atomic E-state index is -0.478. The van der Waals surface area contributed by atoms with E-state index in [0.29, 0.717) is 22.2 Å². The van der Waals surface area contributed by atoms with E-state index in [2.05, 4.69) is 5.32 Å². The molecule has 0 aliphatic rings. The van der Waals surface area contributed by atoms with E-state index in [1.807, 2.05) is 57.2 Å². The molecule has 0 saturated carbocycles. The molecule has 28 heavy (non-hydrogen) atoms. The van der Waals surface area contributed by atoms with E-state index in [1.165, 1.54) is 6.08 Å². The monoisotopic (exact) mass is 390 g/mol. The number of benzene rings is 2. The highest BCUT2D eigenvalue weighted by Gasteiger charge is 2.14. The molecule has 4 nitrogen and oxygen atoms in total. The number of aryl methyl sites for hydroxylation is 3. The summed E-state index contributed by atoms with van der Waals surface area (Å²) in [7, 11) is 0. The molecular formula is C23H19ClN2O2. The van der Waals surface area contributed by atoms with Gasteiger partial charge in [0.25, 0.3) is 5.91 Å². The summed E-state index contributed by atoms with van der Waals surface area (Å²) in [6.45, 7) is 5.85. The summed E-state index contributed by atoms with van der Waals surface area (Å²) in [5.74, 6) is 0.493. The molecule has 0 radical (unpaired) electrons. The molecule has 0 fully saturated rings. The summed E-state index contributed by atoms with van der Waals surface area (Å²) >= 11 is 6.19. The fourth-order valence-corrected chi connectivity index (χ4v) is 3.31. The molecule has 1 N–H and O–H groups in total. The molecule has 5 heteroatoms. The number of halogens is 1. The van der Waals surface area contributed by atoms with Crippen LogP contribution in [0.2, 0.25) is 5.02 Å². The van der Waals surface area contributed by atoms with Crippen LogP contribution in [0.3, 0.4) is 0 Å². The van der Waals surface area contributed by atoms with Gasteiger partial charge < -0.3 is 9.73 Å². The fourth-order valence-electron chi connectivity index (χ4n) is 3.09. The van der Waals surface area contributed by atoms with Gasteiger partial charge in [0, 0.05) is 17.3 Å². The summed E-state index contributed by atoms with van der Waals surface area (Å²) < 4.78 is 5.75. The van der Waals surface area contributed by atoms with E-state index < -0.39 is 5.91 Å². The Kier molecular flexibility index (Phi) is 5.67. The van der Waals surface area contributed by atoms with Gasteiger partial charge >= 0.3 is 0 Å². The number of carbonyl (C=O) groups is 1. The van der Waals surface area contributed by atoms with Gasteiger partial charge in [-0.15, -0.1) is 0 Å². The van der Waals surface area contributed by atoms with Crippen LogP contribution in [-0.4, -0.2) is 5.91 Å². The summed E-state index contributed by atoms with van der Waals surface area (Å²) in [6, 6.07) is 16.7. The van der Waals surface area contributed by atoms with Gasteiger partial charge in [-0.1, -0.05) is 41.4 Å². The number of hydrogen-bond donors (Lipinski definition) is 1. The Morgan fingerprint density at radius 2 is 1.79 bits per heavy atom. The van der Waals surface area contributed by atoms with Crippen molar-refractivity contribution in [3.05, 3.63) is 81.6 Å². The maximum atomic E-state index is 12.6. The van der Waals surface area contributed by atoms with Crippen LogP contribution >= 0.6 is 11.6 Å². The lowest BCUT2D eigenvalue weighted by molar-refractivity contribution is -0.112. The van der Waals surface area contributed by atoms with Gasteiger partial charge in [0.05, 0.1) is 5.02 Å². The van der Waals surface area contributed by atoms with Gasteiger partial charge in [-0.25, -0.2) is 0 Å². The number of rotatable bonds is 4. The highest BCUT2D eigenvalue weighted by molar-refractivity contribution is 6.33. The van der Waals surface area contributed by atoms with Crippen molar-refractivity contribution in [1.29, 1.82) is 5.26 Å². The van der Waals surface area contributed by atoms with Crippen LogP contribution in [0.25, 0.3) is 17.4 Å². The third-order valence-corrected chi connectivity index (χ3v) is 4.66. The SMILES string of the molecule is Cc1cc(C)c(NC(=O)/C(C#N)=C\c2ccc(-c3ccccc3Cl)o2)c(C)c1. The number of anilines is 1. The average molecular weight is 391 g/mol. The lowest BCUT2D eigenvalue weighted by Crippen LogP contribution is -2.15. The maximum Gasteiger partial charge on any atom is 0.266 e. The third kappa shape index (κ3) is 4.16.